The van der Waals surface area contributed by atoms with E-state index in [-0.39, 0.29) is 11.6 Å². The van der Waals surface area contributed by atoms with E-state index in [1.165, 1.54) is 0 Å². The summed E-state index contributed by atoms with van der Waals surface area (Å²) in [5.74, 6) is 1.10. The largest absolute Gasteiger partial charge is 0.463 e. The number of aromatic amines is 2. The van der Waals surface area contributed by atoms with E-state index < -0.39 is 0 Å². The fourth-order valence-corrected chi connectivity index (χ4v) is 2.62. The van der Waals surface area contributed by atoms with E-state index in [1.54, 1.807) is 24.5 Å². The molecule has 4 aromatic rings. The third-order valence-corrected chi connectivity index (χ3v) is 4.12. The maximum Gasteiger partial charge on any atom is 0.276 e. The molecule has 0 atom stereocenters. The second kappa shape index (κ2) is 6.36. The normalized spacial score (nSPS) is 10.8. The van der Waals surface area contributed by atoms with Crippen LogP contribution in [0.5, 0.6) is 0 Å². The molecule has 0 aliphatic rings. The van der Waals surface area contributed by atoms with Gasteiger partial charge in [-0.1, -0.05) is 12.1 Å². The number of aromatic nitrogens is 4. The number of H-pyrrole nitrogens is 2. The molecule has 3 N–H and O–H groups in total. The first-order valence-electron chi connectivity index (χ1n) is 8.14. The molecule has 130 valence electrons. The number of imidazole rings is 1. The molecule has 0 fully saturated rings. The highest BCUT2D eigenvalue weighted by Crippen LogP contribution is 2.22. The molecule has 0 unspecified atom stereocenters. The van der Waals surface area contributed by atoms with Crippen molar-refractivity contribution in [1.29, 1.82) is 0 Å². The molecular weight excluding hydrogens is 330 g/mol. The maximum atomic E-state index is 12.5. The van der Waals surface area contributed by atoms with E-state index in [0.717, 1.165) is 22.8 Å². The first-order valence-corrected chi connectivity index (χ1v) is 8.14. The summed E-state index contributed by atoms with van der Waals surface area (Å²) in [5, 5.41) is 9.70. The van der Waals surface area contributed by atoms with E-state index >= 15 is 0 Å². The highest BCUT2D eigenvalue weighted by Gasteiger charge is 2.14. The van der Waals surface area contributed by atoms with Crippen molar-refractivity contribution in [3.05, 3.63) is 65.8 Å². The van der Waals surface area contributed by atoms with Gasteiger partial charge in [0.15, 0.2) is 11.5 Å². The molecule has 7 nitrogen and oxygen atoms in total. The Hall–Kier alpha value is -3.61. The van der Waals surface area contributed by atoms with Gasteiger partial charge in [0, 0.05) is 23.0 Å². The quantitative estimate of drug-likeness (QED) is 0.521. The number of aryl methyl sites for hydroxylation is 2. The SMILES string of the molecule is Cc1nc(-c2cccc(NC(=O)c3cc(-c4ccco4)[nH]n3)c2)[nH]c1C. The Kier molecular flexibility index (Phi) is 3.89. The highest BCUT2D eigenvalue weighted by molar-refractivity contribution is 6.03. The Balaban J connectivity index is 1.54. The molecule has 0 aliphatic heterocycles. The van der Waals surface area contributed by atoms with Gasteiger partial charge in [-0.05, 0) is 38.1 Å². The fourth-order valence-electron chi connectivity index (χ4n) is 2.62. The average molecular weight is 347 g/mol. The van der Waals surface area contributed by atoms with Crippen LogP contribution in [0.4, 0.5) is 5.69 Å². The molecule has 0 aliphatic carbocycles. The summed E-state index contributed by atoms with van der Waals surface area (Å²) in [5.41, 5.74) is 4.48. The molecule has 0 bridgehead atoms. The second-order valence-corrected chi connectivity index (χ2v) is 5.97. The van der Waals surface area contributed by atoms with Crippen LogP contribution in [0.3, 0.4) is 0 Å². The lowest BCUT2D eigenvalue weighted by Crippen LogP contribution is -2.12. The minimum Gasteiger partial charge on any atom is -0.463 e. The van der Waals surface area contributed by atoms with Crippen molar-refractivity contribution < 1.29 is 9.21 Å². The minimum atomic E-state index is -0.303. The molecule has 4 rings (SSSR count). The Morgan fingerprint density at radius 1 is 1.15 bits per heavy atom. The van der Waals surface area contributed by atoms with Gasteiger partial charge in [0.2, 0.25) is 0 Å². The van der Waals surface area contributed by atoms with Crippen LogP contribution in [0.15, 0.2) is 53.1 Å². The van der Waals surface area contributed by atoms with Gasteiger partial charge in [0.1, 0.15) is 11.5 Å². The number of furan rings is 1. The van der Waals surface area contributed by atoms with E-state index in [1.807, 2.05) is 38.1 Å². The van der Waals surface area contributed by atoms with Crippen LogP contribution in [0.1, 0.15) is 21.9 Å². The van der Waals surface area contributed by atoms with Crippen LogP contribution in [0, 0.1) is 13.8 Å². The van der Waals surface area contributed by atoms with Crippen molar-refractivity contribution in [1.82, 2.24) is 20.2 Å². The summed E-state index contributed by atoms with van der Waals surface area (Å²) in [7, 11) is 0. The summed E-state index contributed by atoms with van der Waals surface area (Å²) in [4.78, 5) is 20.2. The molecule has 1 aromatic carbocycles. The lowest BCUT2D eigenvalue weighted by Gasteiger charge is -2.05. The summed E-state index contributed by atoms with van der Waals surface area (Å²) in [6, 6.07) is 12.7. The van der Waals surface area contributed by atoms with Crippen molar-refractivity contribution in [3.63, 3.8) is 0 Å². The molecule has 0 radical (unpaired) electrons. The van der Waals surface area contributed by atoms with Gasteiger partial charge < -0.3 is 14.7 Å². The number of nitrogens with zero attached hydrogens (tertiary/aromatic N) is 2. The molecular formula is C19H17N5O2. The van der Waals surface area contributed by atoms with Gasteiger partial charge in [0.05, 0.1) is 12.0 Å². The average Bonchev–Trinajstić information content (AvgIpc) is 3.36. The Labute approximate surface area is 149 Å². The van der Waals surface area contributed by atoms with Crippen molar-refractivity contribution in [2.45, 2.75) is 13.8 Å². The molecule has 26 heavy (non-hydrogen) atoms. The van der Waals surface area contributed by atoms with Gasteiger partial charge >= 0.3 is 0 Å². The second-order valence-electron chi connectivity index (χ2n) is 5.97. The Morgan fingerprint density at radius 2 is 2.04 bits per heavy atom. The molecule has 0 saturated heterocycles. The zero-order valence-corrected chi connectivity index (χ0v) is 14.3. The number of carbonyl (C=O) groups is 1. The lowest BCUT2D eigenvalue weighted by molar-refractivity contribution is 0.102. The summed E-state index contributed by atoms with van der Waals surface area (Å²) < 4.78 is 5.29. The maximum absolute atomic E-state index is 12.5. The first kappa shape index (κ1) is 15.9. The van der Waals surface area contributed by atoms with E-state index in [0.29, 0.717) is 17.1 Å². The van der Waals surface area contributed by atoms with Gasteiger partial charge in [-0.2, -0.15) is 5.10 Å². The molecule has 3 heterocycles. The number of amides is 1. The van der Waals surface area contributed by atoms with Crippen LogP contribution in [-0.4, -0.2) is 26.1 Å². The van der Waals surface area contributed by atoms with Gasteiger partial charge in [0.25, 0.3) is 5.91 Å². The third-order valence-electron chi connectivity index (χ3n) is 4.12. The molecule has 3 aromatic heterocycles. The lowest BCUT2D eigenvalue weighted by atomic mass is 10.2. The van der Waals surface area contributed by atoms with Crippen LogP contribution >= 0.6 is 0 Å². The predicted octanol–water partition coefficient (Wildman–Crippen LogP) is 3.93. The smallest absolute Gasteiger partial charge is 0.276 e. The van der Waals surface area contributed by atoms with Crippen molar-refractivity contribution >= 4 is 11.6 Å². The van der Waals surface area contributed by atoms with Crippen LogP contribution in [-0.2, 0) is 0 Å². The number of hydrogen-bond donors (Lipinski definition) is 3. The van der Waals surface area contributed by atoms with Gasteiger partial charge in [-0.3, -0.25) is 9.89 Å². The Morgan fingerprint density at radius 3 is 2.77 bits per heavy atom. The Bertz CT molecular complexity index is 1040. The van der Waals surface area contributed by atoms with Crippen LogP contribution < -0.4 is 5.32 Å². The monoisotopic (exact) mass is 347 g/mol. The third kappa shape index (κ3) is 3.02. The topological polar surface area (TPSA) is 99.6 Å². The van der Waals surface area contributed by atoms with Gasteiger partial charge in [-0.15, -0.1) is 0 Å². The number of carbonyl (C=O) groups excluding carboxylic acids is 1. The van der Waals surface area contributed by atoms with Crippen molar-refractivity contribution in [3.8, 4) is 22.8 Å². The minimum absolute atomic E-state index is 0.284. The zero-order valence-electron chi connectivity index (χ0n) is 14.3. The number of anilines is 1. The van der Waals surface area contributed by atoms with Crippen molar-refractivity contribution in [2.75, 3.05) is 5.32 Å². The summed E-state index contributed by atoms with van der Waals surface area (Å²) in [6.45, 7) is 3.93. The zero-order chi connectivity index (χ0) is 18.1. The molecule has 0 saturated carbocycles. The highest BCUT2D eigenvalue weighted by atomic mass is 16.3. The van der Waals surface area contributed by atoms with E-state index in [2.05, 4.69) is 25.5 Å². The summed E-state index contributed by atoms with van der Waals surface area (Å²) in [6.07, 6.45) is 1.57. The summed E-state index contributed by atoms with van der Waals surface area (Å²) >= 11 is 0. The number of hydrogen-bond acceptors (Lipinski definition) is 4. The predicted molar refractivity (Wildman–Crippen MR) is 97.7 cm³/mol. The molecule has 7 heteroatoms. The standard InChI is InChI=1S/C19H17N5O2/c1-11-12(2)21-18(20-11)13-5-3-6-14(9-13)22-19(25)16-10-15(23-24-16)17-7-4-8-26-17/h3-10H,1-2H3,(H,20,21)(H,22,25)(H,23,24). The molecule has 0 spiro atoms. The van der Waals surface area contributed by atoms with E-state index in [9.17, 15) is 4.79 Å². The van der Waals surface area contributed by atoms with Crippen LogP contribution in [0.25, 0.3) is 22.8 Å². The number of rotatable bonds is 4. The first-order chi connectivity index (χ1) is 12.6. The van der Waals surface area contributed by atoms with Crippen LogP contribution in [0.2, 0.25) is 0 Å². The number of nitrogens with one attached hydrogen (secondary N) is 3. The van der Waals surface area contributed by atoms with Gasteiger partial charge in [-0.25, -0.2) is 4.98 Å². The van der Waals surface area contributed by atoms with Crippen molar-refractivity contribution in [2.24, 2.45) is 0 Å². The van der Waals surface area contributed by atoms with E-state index in [4.69, 9.17) is 4.42 Å². The fraction of sp³-hybridized carbons (Fsp3) is 0.105. The number of benzene rings is 1. The molecule has 1 amide bonds.